The second kappa shape index (κ2) is 5.49. The van der Waals surface area contributed by atoms with E-state index in [1.54, 1.807) is 6.92 Å². The molecule has 0 amide bonds. The predicted molar refractivity (Wildman–Crippen MR) is 31.1 cm³/mol. The van der Waals surface area contributed by atoms with E-state index < -0.39 is 0 Å². The van der Waals surface area contributed by atoms with E-state index in [-0.39, 0.29) is 22.6 Å². The summed E-state index contributed by atoms with van der Waals surface area (Å²) in [6.07, 6.45) is 0.432. The lowest BCUT2D eigenvalue weighted by atomic mass is 10.6. The van der Waals surface area contributed by atoms with Crippen LogP contribution < -0.4 is 0 Å². The number of carbonyl (C=O) groups is 1. The highest BCUT2D eigenvalue weighted by Gasteiger charge is 1.81. The summed E-state index contributed by atoms with van der Waals surface area (Å²) in [6.45, 7) is 1.72. The molecule has 6 heavy (non-hydrogen) atoms. The Kier molecular flexibility index (Phi) is 8.88. The van der Waals surface area contributed by atoms with Crippen LogP contribution in [0.4, 0.5) is 0 Å². The highest BCUT2D eigenvalue weighted by Crippen LogP contribution is 1.81. The molecule has 0 aliphatic rings. The summed E-state index contributed by atoms with van der Waals surface area (Å²) in [5, 5.41) is -0.273. The Hall–Kier alpha value is 0.492. The van der Waals surface area contributed by atoms with Crippen LogP contribution in [0.5, 0.6) is 0 Å². The van der Waals surface area contributed by atoms with Gasteiger partial charge in [-0.05, 0) is 11.6 Å². The average molecular weight is 123 g/mol. The van der Waals surface area contributed by atoms with E-state index in [9.17, 15) is 4.79 Å². The number of carbonyl (C=O) groups excluding carboxylic acids is 1. The van der Waals surface area contributed by atoms with Crippen molar-refractivity contribution in [3.8, 4) is 0 Å². The second-order valence-electron chi connectivity index (χ2n) is 0.709. The SMILES string of the molecule is CCC(=O)Cl.[AlH3]. The monoisotopic (exact) mass is 122 g/mol. The fourth-order valence-electron chi connectivity index (χ4n) is 0. The summed E-state index contributed by atoms with van der Waals surface area (Å²) in [4.78, 5) is 9.58. The molecule has 0 unspecified atom stereocenters. The van der Waals surface area contributed by atoms with Crippen molar-refractivity contribution in [2.24, 2.45) is 0 Å². The zero-order valence-electron chi connectivity index (χ0n) is 2.99. The number of halogens is 1. The topological polar surface area (TPSA) is 17.1 Å². The molecule has 3 heteroatoms. The second-order valence-corrected chi connectivity index (χ2v) is 1.13. The third-order valence-corrected chi connectivity index (χ3v) is 0.545. The molecule has 36 valence electrons. The Morgan fingerprint density at radius 3 is 2.00 bits per heavy atom. The maximum absolute atomic E-state index is 9.58. The largest absolute Gasteiger partial charge is 0.281 e. The first-order chi connectivity index (χ1) is 2.27. The Bertz CT molecular complexity index is 46.1. The van der Waals surface area contributed by atoms with Crippen molar-refractivity contribution in [1.29, 1.82) is 0 Å². The van der Waals surface area contributed by atoms with Crippen LogP contribution >= 0.6 is 11.6 Å². The summed E-state index contributed by atoms with van der Waals surface area (Å²) in [5.41, 5.74) is 0. The van der Waals surface area contributed by atoms with Gasteiger partial charge in [-0.1, -0.05) is 6.92 Å². The van der Waals surface area contributed by atoms with E-state index in [0.29, 0.717) is 6.42 Å². The molecule has 0 N–H and O–H groups in total. The molecule has 0 bridgehead atoms. The predicted octanol–water partition coefficient (Wildman–Crippen LogP) is -0.0221. The van der Waals surface area contributed by atoms with Gasteiger partial charge in [0.2, 0.25) is 5.24 Å². The summed E-state index contributed by atoms with van der Waals surface area (Å²) in [6, 6.07) is 0. The van der Waals surface area contributed by atoms with Crippen LogP contribution in [0.1, 0.15) is 13.3 Å². The standard InChI is InChI=1S/C3H5ClO.Al.3H/c1-2-3(4)5;;;;/h2H2,1H3;;;;. The molecule has 0 saturated heterocycles. The molecule has 0 heterocycles. The van der Waals surface area contributed by atoms with Gasteiger partial charge in [-0.2, -0.15) is 0 Å². The molecule has 0 radical (unpaired) electrons. The van der Waals surface area contributed by atoms with Crippen molar-refractivity contribution >= 4 is 34.2 Å². The summed E-state index contributed by atoms with van der Waals surface area (Å²) < 4.78 is 0. The van der Waals surface area contributed by atoms with E-state index >= 15 is 0 Å². The molecular weight excluding hydrogens is 114 g/mol. The molecule has 0 spiro atoms. The van der Waals surface area contributed by atoms with E-state index in [0.717, 1.165) is 0 Å². The zero-order chi connectivity index (χ0) is 4.28. The minimum absolute atomic E-state index is 0. The van der Waals surface area contributed by atoms with Crippen LogP contribution in [-0.4, -0.2) is 22.6 Å². The lowest BCUT2D eigenvalue weighted by molar-refractivity contribution is -0.111. The van der Waals surface area contributed by atoms with Gasteiger partial charge in [0, 0.05) is 6.42 Å². The average Bonchev–Trinajstić information content (AvgIpc) is 1.38. The summed E-state index contributed by atoms with van der Waals surface area (Å²) in [5.74, 6) is 0. The smallest absolute Gasteiger partial charge is 0.221 e. The molecular formula is C3H8AlClO. The molecule has 0 aromatic rings. The van der Waals surface area contributed by atoms with Crippen LogP contribution in [0.2, 0.25) is 0 Å². The van der Waals surface area contributed by atoms with Crippen molar-refractivity contribution in [3.05, 3.63) is 0 Å². The number of hydrogen-bond donors (Lipinski definition) is 0. The van der Waals surface area contributed by atoms with Gasteiger partial charge in [0.15, 0.2) is 17.4 Å². The molecule has 0 aromatic heterocycles. The minimum atomic E-state index is -0.273. The van der Waals surface area contributed by atoms with Crippen LogP contribution in [0.25, 0.3) is 0 Å². The van der Waals surface area contributed by atoms with Gasteiger partial charge in [0.1, 0.15) is 0 Å². The van der Waals surface area contributed by atoms with E-state index in [2.05, 4.69) is 0 Å². The Labute approximate surface area is 52.8 Å². The van der Waals surface area contributed by atoms with Gasteiger partial charge in [0.25, 0.3) is 0 Å². The molecule has 0 aliphatic carbocycles. The van der Waals surface area contributed by atoms with Crippen molar-refractivity contribution in [1.82, 2.24) is 0 Å². The van der Waals surface area contributed by atoms with Gasteiger partial charge in [-0.25, -0.2) is 0 Å². The van der Waals surface area contributed by atoms with Crippen LogP contribution in [-0.2, 0) is 4.79 Å². The van der Waals surface area contributed by atoms with Crippen LogP contribution in [0.15, 0.2) is 0 Å². The lowest BCUT2D eigenvalue weighted by Gasteiger charge is -1.68. The quantitative estimate of drug-likeness (QED) is 0.353. The normalized spacial score (nSPS) is 6.33. The maximum atomic E-state index is 9.58. The molecule has 0 aromatic carbocycles. The van der Waals surface area contributed by atoms with Crippen molar-refractivity contribution in [2.75, 3.05) is 0 Å². The first kappa shape index (κ1) is 9.70. The highest BCUT2D eigenvalue weighted by atomic mass is 35.5. The molecule has 0 aliphatic heterocycles. The van der Waals surface area contributed by atoms with Crippen molar-refractivity contribution in [2.45, 2.75) is 13.3 Å². The fraction of sp³-hybridized carbons (Fsp3) is 0.667. The van der Waals surface area contributed by atoms with Crippen LogP contribution in [0.3, 0.4) is 0 Å². The molecule has 0 atom stereocenters. The van der Waals surface area contributed by atoms with Gasteiger partial charge in [0.05, 0.1) is 0 Å². The molecule has 0 saturated carbocycles. The molecule has 0 rings (SSSR count). The third-order valence-electron chi connectivity index (χ3n) is 0.278. The van der Waals surface area contributed by atoms with Gasteiger partial charge in [-0.15, -0.1) is 0 Å². The van der Waals surface area contributed by atoms with Gasteiger partial charge >= 0.3 is 0 Å². The van der Waals surface area contributed by atoms with Gasteiger partial charge in [-0.3, -0.25) is 4.79 Å². The molecule has 0 fully saturated rings. The van der Waals surface area contributed by atoms with E-state index in [1.807, 2.05) is 0 Å². The van der Waals surface area contributed by atoms with Crippen molar-refractivity contribution < 1.29 is 4.79 Å². The lowest BCUT2D eigenvalue weighted by Crippen LogP contribution is -1.74. The number of rotatable bonds is 1. The number of hydrogen-bond acceptors (Lipinski definition) is 1. The molecule has 1 nitrogen and oxygen atoms in total. The summed E-state index contributed by atoms with van der Waals surface area (Å²) in [7, 11) is 0. The third kappa shape index (κ3) is 8.82. The highest BCUT2D eigenvalue weighted by molar-refractivity contribution is 6.63. The van der Waals surface area contributed by atoms with E-state index in [4.69, 9.17) is 11.6 Å². The zero-order valence-corrected chi connectivity index (χ0v) is 3.75. The Morgan fingerprint density at radius 1 is 1.83 bits per heavy atom. The van der Waals surface area contributed by atoms with Crippen molar-refractivity contribution in [3.63, 3.8) is 0 Å². The first-order valence-electron chi connectivity index (χ1n) is 1.45. The fourth-order valence-corrected chi connectivity index (χ4v) is 0. The Morgan fingerprint density at radius 2 is 2.00 bits per heavy atom. The van der Waals surface area contributed by atoms with Crippen LogP contribution in [0, 0.1) is 0 Å². The Balaban J connectivity index is 0. The maximum Gasteiger partial charge on any atom is 0.221 e. The first-order valence-corrected chi connectivity index (χ1v) is 1.83. The minimum Gasteiger partial charge on any atom is -0.281 e. The summed E-state index contributed by atoms with van der Waals surface area (Å²) >= 11 is 4.82. The van der Waals surface area contributed by atoms with E-state index in [1.165, 1.54) is 0 Å². The van der Waals surface area contributed by atoms with Gasteiger partial charge < -0.3 is 0 Å².